The zero-order chi connectivity index (χ0) is 14.9. The lowest BCUT2D eigenvalue weighted by Gasteiger charge is -2.37. The monoisotopic (exact) mass is 326 g/mol. The van der Waals surface area contributed by atoms with E-state index in [0.717, 1.165) is 0 Å². The van der Waals surface area contributed by atoms with Gasteiger partial charge in [-0.05, 0) is 18.1 Å². The molecule has 0 radical (unpaired) electrons. The van der Waals surface area contributed by atoms with Crippen LogP contribution in [0.1, 0.15) is 13.8 Å². The second-order valence-corrected chi connectivity index (χ2v) is 10.2. The minimum absolute atomic E-state index is 0.392. The highest BCUT2D eigenvalue weighted by Gasteiger charge is 2.63. The largest absolute Gasteiger partial charge is 0.354 e. The molecule has 0 bridgehead atoms. The second kappa shape index (κ2) is 5.70. The maximum absolute atomic E-state index is 11.7. The van der Waals surface area contributed by atoms with E-state index in [4.69, 9.17) is 0 Å². The number of hydrogen-bond acceptors (Lipinski definition) is 3. The Labute approximate surface area is 115 Å². The molecule has 0 saturated carbocycles. The minimum atomic E-state index is -5.05. The summed E-state index contributed by atoms with van der Waals surface area (Å²) in [6.07, 6.45) is 0. The molecular formula is C10H16O6P2S. The zero-order valence-corrected chi connectivity index (χ0v) is 13.0. The molecule has 0 saturated heterocycles. The van der Waals surface area contributed by atoms with Gasteiger partial charge in [-0.1, -0.05) is 43.8 Å². The minimum Gasteiger partial charge on any atom is -0.323 e. The summed E-state index contributed by atoms with van der Waals surface area (Å²) in [5, 5.41) is 0. The number of hydrogen-bond donors (Lipinski definition) is 4. The number of benzene rings is 1. The molecule has 0 aliphatic carbocycles. The first-order chi connectivity index (χ1) is 8.52. The normalized spacial score (nSPS) is 13.8. The predicted molar refractivity (Wildman–Crippen MR) is 74.0 cm³/mol. The van der Waals surface area contributed by atoms with Crippen LogP contribution in [0.4, 0.5) is 0 Å². The van der Waals surface area contributed by atoms with E-state index in [-0.39, 0.29) is 0 Å². The van der Waals surface area contributed by atoms with Crippen LogP contribution in [0.5, 0.6) is 0 Å². The SMILES string of the molecule is CC(C)C(Sc1ccccc1)(P(=O)(O)O)P(=O)(O)O. The van der Waals surface area contributed by atoms with E-state index >= 15 is 0 Å². The molecule has 0 aliphatic heterocycles. The standard InChI is InChI=1S/C10H16O6P2S/c1-8(2)10(17(11,12)13,18(14,15)16)19-9-6-4-3-5-7-9/h3-8H,1-2H3,(H2,11,12,13)(H2,14,15,16). The van der Waals surface area contributed by atoms with Gasteiger partial charge in [0.25, 0.3) is 0 Å². The van der Waals surface area contributed by atoms with Crippen molar-refractivity contribution in [1.29, 1.82) is 0 Å². The van der Waals surface area contributed by atoms with Crippen LogP contribution in [0.25, 0.3) is 0 Å². The summed E-state index contributed by atoms with van der Waals surface area (Å²) in [6, 6.07) is 8.07. The molecule has 4 N–H and O–H groups in total. The summed E-state index contributed by atoms with van der Waals surface area (Å²) in [5.41, 5.74) is 0. The fraction of sp³-hybridized carbons (Fsp3) is 0.400. The Kier molecular flexibility index (Phi) is 5.08. The summed E-state index contributed by atoms with van der Waals surface area (Å²) >= 11 is 0.532. The van der Waals surface area contributed by atoms with Gasteiger partial charge in [-0.15, -0.1) is 0 Å². The van der Waals surface area contributed by atoms with E-state index in [0.29, 0.717) is 16.7 Å². The van der Waals surface area contributed by atoms with Crippen LogP contribution in [0.3, 0.4) is 0 Å². The Morgan fingerprint density at radius 2 is 1.42 bits per heavy atom. The third-order valence-corrected chi connectivity index (χ3v) is 10.1. The Hall–Kier alpha value is -0.130. The Balaban J connectivity index is 3.43. The fourth-order valence-corrected chi connectivity index (χ4v) is 6.90. The lowest BCUT2D eigenvalue weighted by Crippen LogP contribution is -2.31. The molecule has 1 aromatic carbocycles. The van der Waals surface area contributed by atoms with E-state index in [9.17, 15) is 28.7 Å². The molecule has 0 heterocycles. The van der Waals surface area contributed by atoms with E-state index in [1.165, 1.54) is 13.8 Å². The van der Waals surface area contributed by atoms with Gasteiger partial charge in [0.2, 0.25) is 4.23 Å². The van der Waals surface area contributed by atoms with Crippen LogP contribution >= 0.6 is 27.0 Å². The molecule has 0 atom stereocenters. The maximum Gasteiger partial charge on any atom is 0.354 e. The van der Waals surface area contributed by atoms with Crippen molar-refractivity contribution < 1.29 is 28.7 Å². The molecule has 0 amide bonds. The third kappa shape index (κ3) is 3.31. The van der Waals surface area contributed by atoms with Crippen molar-refractivity contribution in [2.45, 2.75) is 23.0 Å². The zero-order valence-electron chi connectivity index (χ0n) is 10.4. The van der Waals surface area contributed by atoms with Crippen LogP contribution in [0.2, 0.25) is 0 Å². The number of thioether (sulfide) groups is 1. The first kappa shape index (κ1) is 16.9. The molecule has 108 valence electrons. The van der Waals surface area contributed by atoms with Crippen molar-refractivity contribution >= 4 is 27.0 Å². The van der Waals surface area contributed by atoms with Gasteiger partial charge in [0, 0.05) is 4.90 Å². The van der Waals surface area contributed by atoms with Crippen molar-refractivity contribution in [3.05, 3.63) is 30.3 Å². The molecule has 0 unspecified atom stereocenters. The van der Waals surface area contributed by atoms with E-state index < -0.39 is 25.3 Å². The molecule has 0 spiro atoms. The average molecular weight is 326 g/mol. The lowest BCUT2D eigenvalue weighted by molar-refractivity contribution is 0.315. The smallest absolute Gasteiger partial charge is 0.323 e. The molecule has 1 aromatic rings. The Morgan fingerprint density at radius 3 is 1.74 bits per heavy atom. The van der Waals surface area contributed by atoms with Crippen LogP contribution in [0, 0.1) is 5.92 Å². The Bertz CT molecular complexity index is 498. The second-order valence-electron chi connectivity index (χ2n) is 4.32. The van der Waals surface area contributed by atoms with Gasteiger partial charge in [-0.3, -0.25) is 9.13 Å². The van der Waals surface area contributed by atoms with Crippen molar-refractivity contribution in [3.8, 4) is 0 Å². The van der Waals surface area contributed by atoms with Gasteiger partial charge < -0.3 is 19.6 Å². The molecular weight excluding hydrogens is 310 g/mol. The van der Waals surface area contributed by atoms with Gasteiger partial charge in [-0.25, -0.2) is 0 Å². The van der Waals surface area contributed by atoms with E-state index in [1.807, 2.05) is 0 Å². The van der Waals surface area contributed by atoms with Crippen LogP contribution in [-0.4, -0.2) is 23.8 Å². The molecule has 0 aromatic heterocycles. The highest BCUT2D eigenvalue weighted by atomic mass is 32.2. The summed E-state index contributed by atoms with van der Waals surface area (Å²) in [5.74, 6) is -0.917. The first-order valence-corrected chi connectivity index (χ1v) is 9.42. The molecule has 1 rings (SSSR count). The van der Waals surface area contributed by atoms with Crippen molar-refractivity contribution in [3.63, 3.8) is 0 Å². The van der Waals surface area contributed by atoms with E-state index in [1.54, 1.807) is 30.3 Å². The van der Waals surface area contributed by atoms with Crippen molar-refractivity contribution in [1.82, 2.24) is 0 Å². The molecule has 0 fully saturated rings. The first-order valence-electron chi connectivity index (χ1n) is 5.37. The van der Waals surface area contributed by atoms with E-state index in [2.05, 4.69) is 0 Å². The van der Waals surface area contributed by atoms with Gasteiger partial charge in [0.15, 0.2) is 0 Å². The van der Waals surface area contributed by atoms with Crippen LogP contribution in [0.15, 0.2) is 35.2 Å². The predicted octanol–water partition coefficient (Wildman–Crippen LogP) is 2.44. The topological polar surface area (TPSA) is 115 Å². The molecule has 19 heavy (non-hydrogen) atoms. The van der Waals surface area contributed by atoms with Gasteiger partial charge >= 0.3 is 15.2 Å². The maximum atomic E-state index is 11.7. The quantitative estimate of drug-likeness (QED) is 0.485. The highest BCUT2D eigenvalue weighted by Crippen LogP contribution is 2.77. The van der Waals surface area contributed by atoms with Gasteiger partial charge in [0.1, 0.15) is 0 Å². The number of rotatable bonds is 5. The Morgan fingerprint density at radius 1 is 1.00 bits per heavy atom. The molecule has 6 nitrogen and oxygen atoms in total. The third-order valence-electron chi connectivity index (χ3n) is 2.60. The summed E-state index contributed by atoms with van der Waals surface area (Å²) < 4.78 is 21.0. The fourth-order valence-electron chi connectivity index (χ4n) is 1.74. The summed E-state index contributed by atoms with van der Waals surface area (Å²) in [4.78, 5) is 38.4. The van der Waals surface area contributed by atoms with Gasteiger partial charge in [-0.2, -0.15) is 0 Å². The highest BCUT2D eigenvalue weighted by molar-refractivity contribution is 8.13. The molecule has 0 aliphatic rings. The van der Waals surface area contributed by atoms with Gasteiger partial charge in [0.05, 0.1) is 0 Å². The van der Waals surface area contributed by atoms with Crippen molar-refractivity contribution in [2.24, 2.45) is 5.92 Å². The van der Waals surface area contributed by atoms with Crippen LogP contribution < -0.4 is 0 Å². The average Bonchev–Trinajstić information content (AvgIpc) is 2.23. The lowest BCUT2D eigenvalue weighted by atomic mass is 10.3. The van der Waals surface area contributed by atoms with Crippen molar-refractivity contribution in [2.75, 3.05) is 0 Å². The molecule has 9 heteroatoms. The van der Waals surface area contributed by atoms with Crippen LogP contribution in [-0.2, 0) is 9.13 Å². The summed E-state index contributed by atoms with van der Waals surface area (Å²) in [7, 11) is -10.1. The summed E-state index contributed by atoms with van der Waals surface area (Å²) in [6.45, 7) is 2.77.